The second-order valence-corrected chi connectivity index (χ2v) is 5.83. The van der Waals surface area contributed by atoms with Crippen LogP contribution in [0.2, 0.25) is 5.02 Å². The summed E-state index contributed by atoms with van der Waals surface area (Å²) in [5.74, 6) is 0.672. The van der Waals surface area contributed by atoms with E-state index in [-0.39, 0.29) is 6.10 Å². The minimum absolute atomic E-state index is 0.0859. The summed E-state index contributed by atoms with van der Waals surface area (Å²) in [6, 6.07) is 17.8. The van der Waals surface area contributed by atoms with Gasteiger partial charge in [-0.1, -0.05) is 54.1 Å². The molecular weight excluding hydrogens is 298 g/mol. The Bertz CT molecular complexity index is 800. The van der Waals surface area contributed by atoms with Crippen molar-refractivity contribution in [3.63, 3.8) is 0 Å². The van der Waals surface area contributed by atoms with Crippen molar-refractivity contribution in [3.8, 4) is 0 Å². The Morgan fingerprint density at radius 2 is 1.82 bits per heavy atom. The summed E-state index contributed by atoms with van der Waals surface area (Å²) < 4.78 is 7.83. The predicted molar refractivity (Wildman–Crippen MR) is 83.5 cm³/mol. The molecular formula is C17H14ClN3O. The SMILES string of the molecule is Cn1cnc(C2(c3ccc(Cl)cc3)OC2c2ccccc2)n1. The molecule has 4 rings (SSSR count). The first-order valence-corrected chi connectivity index (χ1v) is 7.43. The van der Waals surface area contributed by atoms with Gasteiger partial charge in [-0.3, -0.25) is 4.68 Å². The average Bonchev–Trinajstić information content (AvgIpc) is 3.16. The molecule has 0 N–H and O–H groups in total. The van der Waals surface area contributed by atoms with Crippen LogP contribution >= 0.6 is 11.6 Å². The van der Waals surface area contributed by atoms with Gasteiger partial charge in [0.1, 0.15) is 12.4 Å². The van der Waals surface area contributed by atoms with E-state index in [2.05, 4.69) is 22.2 Å². The van der Waals surface area contributed by atoms with Crippen molar-refractivity contribution in [2.75, 3.05) is 0 Å². The lowest BCUT2D eigenvalue weighted by molar-refractivity contribution is 0.319. The van der Waals surface area contributed by atoms with E-state index >= 15 is 0 Å². The standard InChI is InChI=1S/C17H14ClN3O/c1-21-11-19-16(20-21)17(13-7-9-14(18)10-8-13)15(22-17)12-5-3-2-4-6-12/h2-11,15H,1H3. The number of benzene rings is 2. The lowest BCUT2D eigenvalue weighted by atomic mass is 9.91. The van der Waals surface area contributed by atoms with Crippen LogP contribution < -0.4 is 0 Å². The molecule has 0 spiro atoms. The lowest BCUT2D eigenvalue weighted by Crippen LogP contribution is -2.15. The molecule has 2 aromatic carbocycles. The maximum atomic E-state index is 6.13. The molecule has 0 aliphatic carbocycles. The van der Waals surface area contributed by atoms with Gasteiger partial charge in [0.25, 0.3) is 0 Å². The van der Waals surface area contributed by atoms with Gasteiger partial charge < -0.3 is 4.74 Å². The van der Waals surface area contributed by atoms with Gasteiger partial charge in [-0.2, -0.15) is 5.10 Å². The van der Waals surface area contributed by atoms with Crippen LogP contribution in [0.4, 0.5) is 0 Å². The van der Waals surface area contributed by atoms with Gasteiger partial charge in [-0.05, 0) is 23.3 Å². The Kier molecular flexibility index (Phi) is 3.03. The zero-order valence-electron chi connectivity index (χ0n) is 12.0. The number of hydrogen-bond acceptors (Lipinski definition) is 3. The van der Waals surface area contributed by atoms with Crippen LogP contribution in [0.1, 0.15) is 23.1 Å². The Morgan fingerprint density at radius 1 is 1.09 bits per heavy atom. The maximum absolute atomic E-state index is 6.13. The van der Waals surface area contributed by atoms with Crippen molar-refractivity contribution in [1.82, 2.24) is 14.8 Å². The molecule has 2 heterocycles. The molecule has 0 bridgehead atoms. The topological polar surface area (TPSA) is 43.2 Å². The summed E-state index contributed by atoms with van der Waals surface area (Å²) in [6.45, 7) is 0. The Morgan fingerprint density at radius 3 is 2.45 bits per heavy atom. The third-order valence-electron chi connectivity index (χ3n) is 3.92. The molecule has 1 saturated heterocycles. The number of hydrogen-bond donors (Lipinski definition) is 0. The van der Waals surface area contributed by atoms with Gasteiger partial charge in [0, 0.05) is 12.1 Å². The fraction of sp³-hybridized carbons (Fsp3) is 0.176. The molecule has 110 valence electrons. The average molecular weight is 312 g/mol. The molecule has 1 aliphatic rings. The normalized spacial score (nSPS) is 23.5. The van der Waals surface area contributed by atoms with E-state index < -0.39 is 5.60 Å². The summed E-state index contributed by atoms with van der Waals surface area (Å²) in [5.41, 5.74) is 1.49. The number of ether oxygens (including phenoxy) is 1. The summed E-state index contributed by atoms with van der Waals surface area (Å²) >= 11 is 6.01. The highest BCUT2D eigenvalue weighted by Gasteiger charge is 2.62. The fourth-order valence-electron chi connectivity index (χ4n) is 2.81. The maximum Gasteiger partial charge on any atom is 0.190 e. The molecule has 3 aromatic rings. The number of nitrogens with zero attached hydrogens (tertiary/aromatic N) is 3. The third-order valence-corrected chi connectivity index (χ3v) is 4.17. The zero-order valence-corrected chi connectivity index (χ0v) is 12.7. The van der Waals surface area contributed by atoms with Crippen LogP contribution in [0.25, 0.3) is 0 Å². The van der Waals surface area contributed by atoms with Crippen LogP contribution in [0.3, 0.4) is 0 Å². The van der Waals surface area contributed by atoms with Gasteiger partial charge >= 0.3 is 0 Å². The largest absolute Gasteiger partial charge is 0.347 e. The third kappa shape index (κ3) is 2.03. The Balaban J connectivity index is 1.82. The highest BCUT2D eigenvalue weighted by molar-refractivity contribution is 6.30. The molecule has 2 unspecified atom stereocenters. The van der Waals surface area contributed by atoms with Crippen molar-refractivity contribution in [2.45, 2.75) is 11.7 Å². The van der Waals surface area contributed by atoms with E-state index in [1.54, 1.807) is 11.0 Å². The first-order valence-electron chi connectivity index (χ1n) is 7.05. The van der Waals surface area contributed by atoms with E-state index in [1.807, 2.05) is 49.5 Å². The molecule has 1 aliphatic heterocycles. The number of halogens is 1. The summed E-state index contributed by atoms with van der Waals surface area (Å²) in [6.07, 6.45) is 1.61. The second-order valence-electron chi connectivity index (χ2n) is 5.39. The van der Waals surface area contributed by atoms with Crippen molar-refractivity contribution in [1.29, 1.82) is 0 Å². The van der Waals surface area contributed by atoms with E-state index in [4.69, 9.17) is 16.3 Å². The van der Waals surface area contributed by atoms with E-state index in [1.165, 1.54) is 0 Å². The molecule has 0 amide bonds. The molecule has 1 fully saturated rings. The lowest BCUT2D eigenvalue weighted by Gasteiger charge is -2.10. The van der Waals surface area contributed by atoms with E-state index in [0.29, 0.717) is 10.8 Å². The monoisotopic (exact) mass is 311 g/mol. The van der Waals surface area contributed by atoms with Crippen LogP contribution in [0.15, 0.2) is 60.9 Å². The first-order chi connectivity index (χ1) is 10.7. The van der Waals surface area contributed by atoms with E-state index in [0.717, 1.165) is 11.1 Å². The minimum Gasteiger partial charge on any atom is -0.347 e. The van der Waals surface area contributed by atoms with Crippen LogP contribution in [0, 0.1) is 0 Å². The molecule has 0 radical (unpaired) electrons. The highest BCUT2D eigenvalue weighted by Crippen LogP contribution is 2.60. The molecule has 4 nitrogen and oxygen atoms in total. The number of aromatic nitrogens is 3. The van der Waals surface area contributed by atoms with Crippen molar-refractivity contribution in [2.24, 2.45) is 7.05 Å². The molecule has 2 atom stereocenters. The van der Waals surface area contributed by atoms with Crippen molar-refractivity contribution < 1.29 is 4.74 Å². The van der Waals surface area contributed by atoms with Crippen molar-refractivity contribution in [3.05, 3.63) is 82.9 Å². The minimum atomic E-state index is -0.632. The summed E-state index contributed by atoms with van der Waals surface area (Å²) in [5, 5.41) is 5.17. The van der Waals surface area contributed by atoms with Gasteiger partial charge in [0.05, 0.1) is 0 Å². The predicted octanol–water partition coefficient (Wildman–Crippen LogP) is 3.48. The van der Waals surface area contributed by atoms with E-state index in [9.17, 15) is 0 Å². The number of epoxide rings is 1. The molecule has 5 heteroatoms. The van der Waals surface area contributed by atoms with Crippen LogP contribution in [-0.4, -0.2) is 14.8 Å². The fourth-order valence-corrected chi connectivity index (χ4v) is 2.93. The number of rotatable bonds is 3. The smallest absolute Gasteiger partial charge is 0.190 e. The zero-order chi connectivity index (χ0) is 15.2. The molecule has 0 saturated carbocycles. The van der Waals surface area contributed by atoms with Crippen LogP contribution in [0.5, 0.6) is 0 Å². The van der Waals surface area contributed by atoms with Crippen molar-refractivity contribution >= 4 is 11.6 Å². The Labute approximate surface area is 133 Å². The van der Waals surface area contributed by atoms with Gasteiger partial charge in [-0.15, -0.1) is 0 Å². The van der Waals surface area contributed by atoms with Gasteiger partial charge in [0.15, 0.2) is 11.4 Å². The first kappa shape index (κ1) is 13.5. The Hall–Kier alpha value is -2.17. The highest BCUT2D eigenvalue weighted by atomic mass is 35.5. The van der Waals surface area contributed by atoms with Gasteiger partial charge in [0.2, 0.25) is 0 Å². The quantitative estimate of drug-likeness (QED) is 0.695. The second kappa shape index (κ2) is 4.93. The summed E-state index contributed by atoms with van der Waals surface area (Å²) in [7, 11) is 1.85. The number of aryl methyl sites for hydroxylation is 1. The molecule has 1 aromatic heterocycles. The molecule has 22 heavy (non-hydrogen) atoms. The van der Waals surface area contributed by atoms with Crippen LogP contribution in [-0.2, 0) is 17.4 Å². The summed E-state index contributed by atoms with van der Waals surface area (Å²) in [4.78, 5) is 4.42. The van der Waals surface area contributed by atoms with Gasteiger partial charge in [-0.25, -0.2) is 4.98 Å².